The van der Waals surface area contributed by atoms with Crippen molar-refractivity contribution in [1.82, 2.24) is 9.41 Å². The van der Waals surface area contributed by atoms with E-state index in [9.17, 15) is 19.7 Å². The van der Waals surface area contributed by atoms with Gasteiger partial charge in [-0.15, -0.1) is 0 Å². The van der Waals surface area contributed by atoms with Crippen LogP contribution in [0.15, 0.2) is 15.8 Å². The third-order valence-electron chi connectivity index (χ3n) is 1.40. The fraction of sp³-hybridized carbons (Fsp3) is 0.200. The highest BCUT2D eigenvalue weighted by atomic mass is 16.7. The SMILES string of the molecule is Cc1cn([N+](=O)[O-])c(=O)n(O)c1=O. The molecule has 1 aromatic heterocycles. The molecule has 0 aliphatic rings. The molecule has 13 heavy (non-hydrogen) atoms. The minimum absolute atomic E-state index is 0.0245. The van der Waals surface area contributed by atoms with E-state index in [1.165, 1.54) is 6.92 Å². The summed E-state index contributed by atoms with van der Waals surface area (Å²) >= 11 is 0. The van der Waals surface area contributed by atoms with Gasteiger partial charge in [-0.1, -0.05) is 4.73 Å². The van der Waals surface area contributed by atoms with Crippen molar-refractivity contribution in [3.05, 3.63) is 42.7 Å². The predicted octanol–water partition coefficient (Wildman–Crippen LogP) is -1.40. The molecule has 0 aliphatic heterocycles. The highest BCUT2D eigenvalue weighted by Crippen LogP contribution is 1.83. The Balaban J connectivity index is 3.70. The summed E-state index contributed by atoms with van der Waals surface area (Å²) in [5.74, 6) is 0. The first-order valence-electron chi connectivity index (χ1n) is 3.14. The molecule has 0 radical (unpaired) electrons. The van der Waals surface area contributed by atoms with Crippen LogP contribution < -0.4 is 11.2 Å². The first-order valence-corrected chi connectivity index (χ1v) is 3.14. The van der Waals surface area contributed by atoms with Crippen LogP contribution >= 0.6 is 0 Å². The second-order valence-electron chi connectivity index (χ2n) is 2.29. The van der Waals surface area contributed by atoms with Crippen molar-refractivity contribution in [2.75, 3.05) is 0 Å². The van der Waals surface area contributed by atoms with Gasteiger partial charge in [0.1, 0.15) is 0 Å². The molecule has 0 aromatic carbocycles. The first-order chi connectivity index (χ1) is 5.95. The van der Waals surface area contributed by atoms with Gasteiger partial charge in [0.2, 0.25) is 0 Å². The number of aryl methyl sites for hydroxylation is 1. The normalized spacial score (nSPS) is 9.92. The van der Waals surface area contributed by atoms with Crippen LogP contribution in [-0.2, 0) is 0 Å². The van der Waals surface area contributed by atoms with Crippen LogP contribution in [0.25, 0.3) is 0 Å². The predicted molar refractivity (Wildman–Crippen MR) is 39.3 cm³/mol. The molecule has 0 unspecified atom stereocenters. The fourth-order valence-electron chi connectivity index (χ4n) is 0.762. The molecule has 1 rings (SSSR count). The van der Waals surface area contributed by atoms with E-state index in [1.807, 2.05) is 0 Å². The van der Waals surface area contributed by atoms with E-state index >= 15 is 0 Å². The van der Waals surface area contributed by atoms with Crippen LogP contribution in [0.5, 0.6) is 0 Å². The Morgan fingerprint density at radius 3 is 2.54 bits per heavy atom. The van der Waals surface area contributed by atoms with Gasteiger partial charge in [0.15, 0.2) is 5.03 Å². The zero-order valence-corrected chi connectivity index (χ0v) is 6.50. The van der Waals surface area contributed by atoms with Crippen LogP contribution in [0.3, 0.4) is 0 Å². The Morgan fingerprint density at radius 2 is 2.08 bits per heavy atom. The third kappa shape index (κ3) is 1.28. The van der Waals surface area contributed by atoms with E-state index in [0.29, 0.717) is 0 Å². The van der Waals surface area contributed by atoms with E-state index in [0.717, 1.165) is 6.20 Å². The van der Waals surface area contributed by atoms with Gasteiger partial charge >= 0.3 is 5.69 Å². The third-order valence-corrected chi connectivity index (χ3v) is 1.40. The Hall–Kier alpha value is -2.12. The molecule has 0 saturated carbocycles. The molecule has 0 atom stereocenters. The van der Waals surface area contributed by atoms with E-state index in [2.05, 4.69) is 0 Å². The van der Waals surface area contributed by atoms with Crippen molar-refractivity contribution in [2.45, 2.75) is 6.92 Å². The van der Waals surface area contributed by atoms with Gasteiger partial charge < -0.3 is 5.21 Å². The van der Waals surface area contributed by atoms with Gasteiger partial charge in [-0.2, -0.15) is 0 Å². The van der Waals surface area contributed by atoms with E-state index in [4.69, 9.17) is 5.21 Å². The quantitative estimate of drug-likeness (QED) is 0.330. The molecule has 0 bridgehead atoms. The van der Waals surface area contributed by atoms with Crippen LogP contribution in [0.4, 0.5) is 0 Å². The minimum atomic E-state index is -1.40. The zero-order chi connectivity index (χ0) is 10.2. The Bertz CT molecular complexity index is 470. The first kappa shape index (κ1) is 8.97. The number of hydrogen-bond donors (Lipinski definition) is 1. The molecule has 70 valence electrons. The minimum Gasteiger partial charge on any atom is -0.421 e. The van der Waals surface area contributed by atoms with Crippen molar-refractivity contribution in [3.8, 4) is 0 Å². The molecule has 1 aromatic rings. The number of aromatic nitrogens is 2. The summed E-state index contributed by atoms with van der Waals surface area (Å²) in [5, 5.41) is 17.9. The molecule has 0 aliphatic carbocycles. The summed E-state index contributed by atoms with van der Waals surface area (Å²) in [6.07, 6.45) is 0.747. The summed E-state index contributed by atoms with van der Waals surface area (Å²) in [6, 6.07) is 0. The number of nitro groups is 1. The van der Waals surface area contributed by atoms with Crippen LogP contribution in [-0.4, -0.2) is 19.6 Å². The lowest BCUT2D eigenvalue weighted by Gasteiger charge is -1.98. The smallest absolute Gasteiger partial charge is 0.421 e. The van der Waals surface area contributed by atoms with E-state index in [-0.39, 0.29) is 15.0 Å². The van der Waals surface area contributed by atoms with E-state index < -0.39 is 16.3 Å². The van der Waals surface area contributed by atoms with Gasteiger partial charge in [0, 0.05) is 5.56 Å². The summed E-state index contributed by atoms with van der Waals surface area (Å²) in [7, 11) is 0. The Kier molecular flexibility index (Phi) is 1.89. The van der Waals surface area contributed by atoms with Crippen molar-refractivity contribution in [3.63, 3.8) is 0 Å². The van der Waals surface area contributed by atoms with Crippen LogP contribution in [0.1, 0.15) is 5.56 Å². The average Bonchev–Trinajstić information content (AvgIpc) is 2.07. The van der Waals surface area contributed by atoms with Gasteiger partial charge in [0.25, 0.3) is 5.56 Å². The standard InChI is InChI=1S/C5H5N3O5/c1-3-2-6(8(12)13)5(10)7(11)4(3)9/h2,11H,1H3. The number of nitrogens with zero attached hydrogens (tertiary/aromatic N) is 3. The molecular formula is C5H5N3O5. The maximum atomic E-state index is 10.8. The molecule has 0 fully saturated rings. The van der Waals surface area contributed by atoms with Crippen molar-refractivity contribution < 1.29 is 10.2 Å². The summed E-state index contributed by atoms with van der Waals surface area (Å²) < 4.78 is -0.283. The lowest BCUT2D eigenvalue weighted by Crippen LogP contribution is -2.41. The van der Waals surface area contributed by atoms with Gasteiger partial charge in [0.05, 0.1) is 6.20 Å². The maximum Gasteiger partial charge on any atom is 0.423 e. The Labute approximate surface area is 70.4 Å². The van der Waals surface area contributed by atoms with Gasteiger partial charge in [-0.05, 0) is 11.6 Å². The molecule has 8 nitrogen and oxygen atoms in total. The second-order valence-corrected chi connectivity index (χ2v) is 2.29. The largest absolute Gasteiger partial charge is 0.423 e. The highest BCUT2D eigenvalue weighted by molar-refractivity contribution is 5.00. The topological polar surface area (TPSA) is 107 Å². The molecule has 0 amide bonds. The number of rotatable bonds is 1. The highest BCUT2D eigenvalue weighted by Gasteiger charge is 2.13. The monoisotopic (exact) mass is 187 g/mol. The molecule has 1 N–H and O–H groups in total. The van der Waals surface area contributed by atoms with Crippen molar-refractivity contribution >= 4 is 0 Å². The van der Waals surface area contributed by atoms with Crippen LogP contribution in [0.2, 0.25) is 0 Å². The average molecular weight is 187 g/mol. The molecule has 0 saturated heterocycles. The Morgan fingerprint density at radius 1 is 1.54 bits per heavy atom. The van der Waals surface area contributed by atoms with Gasteiger partial charge in [-0.3, -0.25) is 4.79 Å². The zero-order valence-electron chi connectivity index (χ0n) is 6.50. The van der Waals surface area contributed by atoms with Crippen molar-refractivity contribution in [2.24, 2.45) is 0 Å². The van der Waals surface area contributed by atoms with E-state index in [1.54, 1.807) is 0 Å². The summed E-state index contributed by atoms with van der Waals surface area (Å²) in [6.45, 7) is 1.24. The molecule has 0 spiro atoms. The summed E-state index contributed by atoms with van der Waals surface area (Å²) in [5.41, 5.74) is -2.47. The number of hydrogen-bond acceptors (Lipinski definition) is 5. The van der Waals surface area contributed by atoms with Crippen LogP contribution in [0, 0.1) is 17.0 Å². The molecular weight excluding hydrogens is 182 g/mol. The molecule has 8 heteroatoms. The van der Waals surface area contributed by atoms with Crippen molar-refractivity contribution in [1.29, 1.82) is 0 Å². The fourth-order valence-corrected chi connectivity index (χ4v) is 0.762. The van der Waals surface area contributed by atoms with Gasteiger partial charge in [-0.25, -0.2) is 14.9 Å². The second kappa shape index (κ2) is 2.73. The lowest BCUT2D eigenvalue weighted by molar-refractivity contribution is -0.546. The lowest BCUT2D eigenvalue weighted by atomic mass is 10.4. The molecule has 1 heterocycles. The maximum absolute atomic E-state index is 10.8. The summed E-state index contributed by atoms with van der Waals surface area (Å²) in [4.78, 5) is 31.8.